The summed E-state index contributed by atoms with van der Waals surface area (Å²) in [4.78, 5) is 25.1. The van der Waals surface area contributed by atoms with Crippen LogP contribution in [-0.2, 0) is 4.79 Å². The second-order valence-corrected chi connectivity index (χ2v) is 6.45. The van der Waals surface area contributed by atoms with Gasteiger partial charge in [-0.15, -0.1) is 11.8 Å². The van der Waals surface area contributed by atoms with Gasteiger partial charge in [0.25, 0.3) is 0 Å². The molecule has 1 aliphatic rings. The van der Waals surface area contributed by atoms with E-state index >= 15 is 0 Å². The molecule has 0 radical (unpaired) electrons. The summed E-state index contributed by atoms with van der Waals surface area (Å²) in [5.41, 5.74) is 2.35. The highest BCUT2D eigenvalue weighted by molar-refractivity contribution is 8.00. The van der Waals surface area contributed by atoms with Crippen molar-refractivity contribution in [3.05, 3.63) is 53.6 Å². The summed E-state index contributed by atoms with van der Waals surface area (Å²) in [7, 11) is 1.63. The lowest BCUT2D eigenvalue weighted by molar-refractivity contribution is -0.116. The Morgan fingerprint density at radius 1 is 1.22 bits per heavy atom. The maximum atomic E-state index is 12.4. The fourth-order valence-corrected chi connectivity index (χ4v) is 3.29. The molecule has 0 spiro atoms. The molecule has 0 saturated heterocycles. The molecule has 1 heterocycles. The molecule has 3 rings (SSSR count). The summed E-state index contributed by atoms with van der Waals surface area (Å²) in [6, 6.07) is 13.0. The zero-order valence-corrected chi connectivity index (χ0v) is 13.8. The molecule has 2 aromatic carbocycles. The van der Waals surface area contributed by atoms with E-state index in [1.807, 2.05) is 43.3 Å². The smallest absolute Gasteiger partial charge is 0.231 e. The molecule has 0 aliphatic carbocycles. The quantitative estimate of drug-likeness (QED) is 0.671. The number of amides is 1. The number of benzene rings is 2. The van der Waals surface area contributed by atoms with Crippen LogP contribution in [0.3, 0.4) is 0 Å². The van der Waals surface area contributed by atoms with Crippen molar-refractivity contribution in [2.24, 2.45) is 0 Å². The Balaban J connectivity index is 1.68. The van der Waals surface area contributed by atoms with Crippen LogP contribution >= 0.6 is 11.8 Å². The highest BCUT2D eigenvalue weighted by atomic mass is 32.2. The highest BCUT2D eigenvalue weighted by Gasteiger charge is 2.27. The lowest BCUT2D eigenvalue weighted by atomic mass is 9.99. The summed E-state index contributed by atoms with van der Waals surface area (Å²) in [6.45, 7) is 1.85. The third-order valence-corrected chi connectivity index (χ3v) is 4.93. The summed E-state index contributed by atoms with van der Waals surface area (Å²) in [5, 5.41) is 2.81. The van der Waals surface area contributed by atoms with E-state index in [4.69, 9.17) is 4.74 Å². The maximum Gasteiger partial charge on any atom is 0.231 e. The molecule has 23 heavy (non-hydrogen) atoms. The number of ketones is 1. The van der Waals surface area contributed by atoms with Crippen molar-refractivity contribution in [2.75, 3.05) is 18.2 Å². The SMILES string of the molecule is COc1ccc(SCC(=O)c2ccc3c(c2)[C@H](C)C(=O)N3)cc1. The Labute approximate surface area is 139 Å². The third-order valence-electron chi connectivity index (χ3n) is 3.92. The molecular formula is C18H17NO3S. The third kappa shape index (κ3) is 3.24. The first kappa shape index (κ1) is 15.6. The molecule has 4 nitrogen and oxygen atoms in total. The maximum absolute atomic E-state index is 12.4. The van der Waals surface area contributed by atoms with E-state index in [0.29, 0.717) is 11.3 Å². The van der Waals surface area contributed by atoms with Crippen LogP contribution in [0.15, 0.2) is 47.4 Å². The van der Waals surface area contributed by atoms with Gasteiger partial charge < -0.3 is 10.1 Å². The zero-order valence-electron chi connectivity index (χ0n) is 13.0. The fourth-order valence-electron chi connectivity index (χ4n) is 2.49. The van der Waals surface area contributed by atoms with Gasteiger partial charge in [0.1, 0.15) is 5.75 Å². The molecule has 1 amide bonds. The van der Waals surface area contributed by atoms with Gasteiger partial charge in [-0.25, -0.2) is 0 Å². The molecule has 0 unspecified atom stereocenters. The number of rotatable bonds is 5. The number of hydrogen-bond donors (Lipinski definition) is 1. The van der Waals surface area contributed by atoms with Gasteiger partial charge in [-0.3, -0.25) is 9.59 Å². The minimum atomic E-state index is -0.202. The van der Waals surface area contributed by atoms with Gasteiger partial charge in [0.05, 0.1) is 18.8 Å². The van der Waals surface area contributed by atoms with Gasteiger partial charge in [-0.2, -0.15) is 0 Å². The van der Waals surface area contributed by atoms with Crippen LogP contribution in [0.5, 0.6) is 5.75 Å². The van der Waals surface area contributed by atoms with Crippen molar-refractivity contribution < 1.29 is 14.3 Å². The first-order valence-corrected chi connectivity index (χ1v) is 8.32. The van der Waals surface area contributed by atoms with Crippen LogP contribution in [0.4, 0.5) is 5.69 Å². The first-order chi connectivity index (χ1) is 11.1. The van der Waals surface area contributed by atoms with Crippen LogP contribution in [0.25, 0.3) is 0 Å². The summed E-state index contributed by atoms with van der Waals surface area (Å²) in [5.74, 6) is 0.996. The minimum Gasteiger partial charge on any atom is -0.497 e. The van der Waals surface area contributed by atoms with Crippen molar-refractivity contribution in [3.8, 4) is 5.75 Å². The minimum absolute atomic E-state index is 0.0165. The lowest BCUT2D eigenvalue weighted by Gasteiger charge is -2.06. The van der Waals surface area contributed by atoms with E-state index in [-0.39, 0.29) is 17.6 Å². The Bertz CT molecular complexity index is 755. The van der Waals surface area contributed by atoms with Crippen LogP contribution in [0.1, 0.15) is 28.8 Å². The standard InChI is InChI=1S/C18H17NO3S/c1-11-15-9-12(3-8-16(15)19-18(11)21)17(20)10-23-14-6-4-13(22-2)5-7-14/h3-9,11H,10H2,1-2H3,(H,19,21)/t11-/m0/s1. The van der Waals surface area contributed by atoms with Crippen LogP contribution in [0, 0.1) is 0 Å². The molecule has 0 saturated carbocycles. The number of fused-ring (bicyclic) bond motifs is 1. The Hall–Kier alpha value is -2.27. The number of hydrogen-bond acceptors (Lipinski definition) is 4. The fraction of sp³-hybridized carbons (Fsp3) is 0.222. The van der Waals surface area contributed by atoms with Gasteiger partial charge >= 0.3 is 0 Å². The van der Waals surface area contributed by atoms with E-state index in [1.165, 1.54) is 11.8 Å². The predicted octanol–water partition coefficient (Wildman–Crippen LogP) is 3.73. The zero-order chi connectivity index (χ0) is 16.4. The molecule has 2 aromatic rings. The van der Waals surface area contributed by atoms with E-state index in [2.05, 4.69) is 5.32 Å². The van der Waals surface area contributed by atoms with Crippen LogP contribution in [-0.4, -0.2) is 24.6 Å². The number of carbonyl (C=O) groups is 2. The molecule has 0 aromatic heterocycles. The molecule has 118 valence electrons. The monoisotopic (exact) mass is 327 g/mol. The molecule has 1 aliphatic heterocycles. The number of nitrogens with one attached hydrogen (secondary N) is 1. The number of Topliss-reactive ketones (excluding diaryl/α,β-unsaturated/α-hetero) is 1. The summed E-state index contributed by atoms with van der Waals surface area (Å²) < 4.78 is 5.12. The van der Waals surface area contributed by atoms with Crippen LogP contribution < -0.4 is 10.1 Å². The van der Waals surface area contributed by atoms with Crippen molar-refractivity contribution in [3.63, 3.8) is 0 Å². The second kappa shape index (κ2) is 6.46. The molecule has 1 atom stereocenters. The Morgan fingerprint density at radius 2 is 1.96 bits per heavy atom. The van der Waals surface area contributed by atoms with Crippen molar-refractivity contribution in [2.45, 2.75) is 17.7 Å². The van der Waals surface area contributed by atoms with Crippen molar-refractivity contribution in [1.29, 1.82) is 0 Å². The number of thioether (sulfide) groups is 1. The average Bonchev–Trinajstić information content (AvgIpc) is 2.87. The van der Waals surface area contributed by atoms with Gasteiger partial charge in [0.15, 0.2) is 5.78 Å². The number of ether oxygens (including phenoxy) is 1. The number of anilines is 1. The average molecular weight is 327 g/mol. The van der Waals surface area contributed by atoms with Crippen LogP contribution in [0.2, 0.25) is 0 Å². The van der Waals surface area contributed by atoms with Gasteiger partial charge in [-0.1, -0.05) is 0 Å². The predicted molar refractivity (Wildman–Crippen MR) is 91.5 cm³/mol. The van der Waals surface area contributed by atoms with E-state index in [9.17, 15) is 9.59 Å². The van der Waals surface area contributed by atoms with E-state index < -0.39 is 0 Å². The topological polar surface area (TPSA) is 55.4 Å². The molecule has 0 bridgehead atoms. The Kier molecular flexibility index (Phi) is 4.39. The highest BCUT2D eigenvalue weighted by Crippen LogP contribution is 2.33. The Morgan fingerprint density at radius 3 is 2.65 bits per heavy atom. The van der Waals surface area contributed by atoms with Gasteiger partial charge in [0.2, 0.25) is 5.91 Å². The largest absolute Gasteiger partial charge is 0.497 e. The van der Waals surface area contributed by atoms with Gasteiger partial charge in [0, 0.05) is 16.1 Å². The molecule has 0 fully saturated rings. The first-order valence-electron chi connectivity index (χ1n) is 7.33. The second-order valence-electron chi connectivity index (χ2n) is 5.40. The normalized spacial score (nSPS) is 15.9. The number of carbonyl (C=O) groups excluding carboxylic acids is 2. The van der Waals surface area contributed by atoms with E-state index in [0.717, 1.165) is 21.9 Å². The molecule has 5 heteroatoms. The molecular weight excluding hydrogens is 310 g/mol. The summed E-state index contributed by atoms with van der Waals surface area (Å²) >= 11 is 1.49. The van der Waals surface area contributed by atoms with E-state index in [1.54, 1.807) is 13.2 Å². The molecule has 1 N–H and O–H groups in total. The number of methoxy groups -OCH3 is 1. The summed E-state index contributed by atoms with van der Waals surface area (Å²) in [6.07, 6.45) is 0. The van der Waals surface area contributed by atoms with Crippen molar-refractivity contribution in [1.82, 2.24) is 0 Å². The lowest BCUT2D eigenvalue weighted by Crippen LogP contribution is -2.08. The van der Waals surface area contributed by atoms with Crippen molar-refractivity contribution >= 4 is 29.1 Å². The van der Waals surface area contributed by atoms with Gasteiger partial charge in [-0.05, 0) is 55.0 Å².